The van der Waals surface area contributed by atoms with Crippen LogP contribution in [0.15, 0.2) is 30.3 Å². The first-order valence-corrected chi connectivity index (χ1v) is 8.99. The number of likely N-dealkylation sites (tertiary alicyclic amines) is 1. The molecule has 4 rings (SSSR count). The molecular weight excluding hydrogens is 316 g/mol. The summed E-state index contributed by atoms with van der Waals surface area (Å²) in [5.74, 6) is 0.451. The highest BCUT2D eigenvalue weighted by Gasteiger charge is 2.31. The zero-order valence-corrected chi connectivity index (χ0v) is 14.3. The lowest BCUT2D eigenvalue weighted by Gasteiger charge is -2.18. The van der Waals surface area contributed by atoms with Gasteiger partial charge in [0.05, 0.1) is 13.2 Å². The standard InChI is InChI=1S/C19H24N4O2/c24-19(18-16-10-20-8-6-17(16)21-22-18)23-9-7-15(11-23)13-25-12-14-4-2-1-3-5-14/h1-5,15,20H,6-13H2,(H,21,22). The highest BCUT2D eigenvalue weighted by Crippen LogP contribution is 2.22. The van der Waals surface area contributed by atoms with E-state index >= 15 is 0 Å². The first-order chi connectivity index (χ1) is 12.3. The zero-order valence-electron chi connectivity index (χ0n) is 14.3. The second-order valence-electron chi connectivity index (χ2n) is 6.86. The highest BCUT2D eigenvalue weighted by atomic mass is 16.5. The second-order valence-corrected chi connectivity index (χ2v) is 6.86. The topological polar surface area (TPSA) is 70.2 Å². The van der Waals surface area contributed by atoms with Crippen molar-refractivity contribution in [3.05, 3.63) is 52.8 Å². The molecule has 1 unspecified atom stereocenters. The van der Waals surface area contributed by atoms with Gasteiger partial charge < -0.3 is 15.0 Å². The number of carbonyl (C=O) groups excluding carboxylic acids is 1. The van der Waals surface area contributed by atoms with Crippen molar-refractivity contribution in [2.24, 2.45) is 5.92 Å². The van der Waals surface area contributed by atoms with Crippen molar-refractivity contribution in [2.75, 3.05) is 26.2 Å². The van der Waals surface area contributed by atoms with Gasteiger partial charge in [0, 0.05) is 49.8 Å². The van der Waals surface area contributed by atoms with Gasteiger partial charge in [0.25, 0.3) is 5.91 Å². The molecule has 132 valence electrons. The minimum atomic E-state index is 0.0479. The predicted octanol–water partition coefficient (Wildman–Crippen LogP) is 1.73. The van der Waals surface area contributed by atoms with Crippen LogP contribution in [0, 0.1) is 5.92 Å². The maximum absolute atomic E-state index is 12.8. The fraction of sp³-hybridized carbons (Fsp3) is 0.474. The number of nitrogens with one attached hydrogen (secondary N) is 2. The Bertz CT molecular complexity index is 728. The largest absolute Gasteiger partial charge is 0.376 e. The van der Waals surface area contributed by atoms with Gasteiger partial charge in [-0.2, -0.15) is 5.10 Å². The van der Waals surface area contributed by atoms with E-state index in [2.05, 4.69) is 27.6 Å². The van der Waals surface area contributed by atoms with Crippen molar-refractivity contribution in [1.29, 1.82) is 0 Å². The Morgan fingerprint density at radius 2 is 2.20 bits per heavy atom. The summed E-state index contributed by atoms with van der Waals surface area (Å²) in [4.78, 5) is 14.7. The lowest BCUT2D eigenvalue weighted by molar-refractivity contribution is 0.0727. The summed E-state index contributed by atoms with van der Waals surface area (Å²) >= 11 is 0. The fourth-order valence-corrected chi connectivity index (χ4v) is 3.62. The lowest BCUT2D eigenvalue weighted by Crippen LogP contribution is -2.32. The quantitative estimate of drug-likeness (QED) is 0.870. The molecule has 1 aromatic heterocycles. The van der Waals surface area contributed by atoms with Gasteiger partial charge in [-0.25, -0.2) is 0 Å². The van der Waals surface area contributed by atoms with Crippen LogP contribution < -0.4 is 5.32 Å². The smallest absolute Gasteiger partial charge is 0.274 e. The molecule has 0 saturated carbocycles. The normalized spacial score (nSPS) is 19.8. The molecule has 1 aromatic carbocycles. The van der Waals surface area contributed by atoms with E-state index in [9.17, 15) is 4.79 Å². The number of aromatic nitrogens is 2. The molecular formula is C19H24N4O2. The third-order valence-corrected chi connectivity index (χ3v) is 5.05. The van der Waals surface area contributed by atoms with E-state index in [1.807, 2.05) is 23.1 Å². The summed E-state index contributed by atoms with van der Waals surface area (Å²) in [5.41, 5.74) is 3.92. The fourth-order valence-electron chi connectivity index (χ4n) is 3.62. The van der Waals surface area contributed by atoms with Gasteiger partial charge >= 0.3 is 0 Å². The molecule has 25 heavy (non-hydrogen) atoms. The monoisotopic (exact) mass is 340 g/mol. The van der Waals surface area contributed by atoms with Crippen molar-refractivity contribution in [3.63, 3.8) is 0 Å². The molecule has 2 aromatic rings. The molecule has 6 nitrogen and oxygen atoms in total. The molecule has 2 aliphatic rings. The number of carbonyl (C=O) groups is 1. The lowest BCUT2D eigenvalue weighted by atomic mass is 10.1. The Labute approximate surface area is 147 Å². The van der Waals surface area contributed by atoms with Gasteiger partial charge in [0.1, 0.15) is 0 Å². The van der Waals surface area contributed by atoms with Gasteiger partial charge in [0.15, 0.2) is 5.69 Å². The van der Waals surface area contributed by atoms with Gasteiger partial charge in [-0.05, 0) is 12.0 Å². The van der Waals surface area contributed by atoms with Crippen molar-refractivity contribution in [1.82, 2.24) is 20.4 Å². The summed E-state index contributed by atoms with van der Waals surface area (Å²) in [5, 5.41) is 10.6. The Balaban J connectivity index is 1.30. The maximum Gasteiger partial charge on any atom is 0.274 e. The molecule has 1 saturated heterocycles. The molecule has 2 N–H and O–H groups in total. The molecule has 3 heterocycles. The second kappa shape index (κ2) is 7.37. The number of fused-ring (bicyclic) bond motifs is 1. The van der Waals surface area contributed by atoms with E-state index in [4.69, 9.17) is 4.74 Å². The van der Waals surface area contributed by atoms with Crippen LogP contribution >= 0.6 is 0 Å². The third-order valence-electron chi connectivity index (χ3n) is 5.05. The Morgan fingerprint density at radius 3 is 3.08 bits per heavy atom. The number of rotatable bonds is 5. The van der Waals surface area contributed by atoms with Crippen LogP contribution in [-0.4, -0.2) is 47.2 Å². The van der Waals surface area contributed by atoms with Crippen LogP contribution in [0.25, 0.3) is 0 Å². The van der Waals surface area contributed by atoms with E-state index in [1.165, 1.54) is 5.56 Å². The minimum absolute atomic E-state index is 0.0479. The molecule has 0 bridgehead atoms. The van der Waals surface area contributed by atoms with Crippen LogP contribution in [-0.2, 0) is 24.3 Å². The number of benzene rings is 1. The van der Waals surface area contributed by atoms with Gasteiger partial charge in [-0.1, -0.05) is 30.3 Å². The van der Waals surface area contributed by atoms with Gasteiger partial charge in [-0.3, -0.25) is 9.89 Å². The molecule has 1 amide bonds. The van der Waals surface area contributed by atoms with Crippen molar-refractivity contribution >= 4 is 5.91 Å². The molecule has 2 aliphatic heterocycles. The minimum Gasteiger partial charge on any atom is -0.376 e. The summed E-state index contributed by atoms with van der Waals surface area (Å²) < 4.78 is 5.84. The van der Waals surface area contributed by atoms with Crippen LogP contribution in [0.1, 0.15) is 33.7 Å². The average Bonchev–Trinajstić information content (AvgIpc) is 3.29. The van der Waals surface area contributed by atoms with Crippen LogP contribution in [0.3, 0.4) is 0 Å². The summed E-state index contributed by atoms with van der Waals surface area (Å²) in [7, 11) is 0. The van der Waals surface area contributed by atoms with Crippen molar-refractivity contribution in [2.45, 2.75) is 26.0 Å². The van der Waals surface area contributed by atoms with Gasteiger partial charge in [0.2, 0.25) is 0 Å². The molecule has 0 spiro atoms. The van der Waals surface area contributed by atoms with E-state index in [1.54, 1.807) is 0 Å². The Morgan fingerprint density at radius 1 is 1.32 bits per heavy atom. The third kappa shape index (κ3) is 3.60. The average molecular weight is 340 g/mol. The molecule has 1 atom stereocenters. The van der Waals surface area contributed by atoms with E-state index < -0.39 is 0 Å². The molecule has 0 aliphatic carbocycles. The van der Waals surface area contributed by atoms with Crippen molar-refractivity contribution < 1.29 is 9.53 Å². The van der Waals surface area contributed by atoms with Gasteiger partial charge in [-0.15, -0.1) is 0 Å². The number of hydrogen-bond acceptors (Lipinski definition) is 4. The predicted molar refractivity (Wildman–Crippen MR) is 94.1 cm³/mol. The van der Waals surface area contributed by atoms with Crippen LogP contribution in [0.5, 0.6) is 0 Å². The highest BCUT2D eigenvalue weighted by molar-refractivity contribution is 5.94. The van der Waals surface area contributed by atoms with E-state index in [-0.39, 0.29) is 5.91 Å². The maximum atomic E-state index is 12.8. The Hall–Kier alpha value is -2.18. The first-order valence-electron chi connectivity index (χ1n) is 8.99. The molecule has 6 heteroatoms. The van der Waals surface area contributed by atoms with Crippen molar-refractivity contribution in [3.8, 4) is 0 Å². The molecule has 0 radical (unpaired) electrons. The zero-order chi connectivity index (χ0) is 17.1. The number of hydrogen-bond donors (Lipinski definition) is 2. The van der Waals surface area contributed by atoms with E-state index in [0.29, 0.717) is 24.8 Å². The number of ether oxygens (including phenoxy) is 1. The summed E-state index contributed by atoms with van der Waals surface area (Å²) in [6, 6.07) is 10.2. The van der Waals surface area contributed by atoms with Crippen LogP contribution in [0.2, 0.25) is 0 Å². The summed E-state index contributed by atoms with van der Waals surface area (Å²) in [6.45, 7) is 4.52. The van der Waals surface area contributed by atoms with Crippen LogP contribution in [0.4, 0.5) is 0 Å². The number of nitrogens with zero attached hydrogens (tertiary/aromatic N) is 2. The number of H-pyrrole nitrogens is 1. The molecule has 1 fully saturated rings. The van der Waals surface area contributed by atoms with E-state index in [0.717, 1.165) is 50.3 Å². The first kappa shape index (κ1) is 16.3. The number of aromatic amines is 1. The Kier molecular flexibility index (Phi) is 4.81. The number of amides is 1. The SMILES string of the molecule is O=C(c1n[nH]c2c1CNCC2)N1CCC(COCc2ccccc2)C1. The summed E-state index contributed by atoms with van der Waals surface area (Å²) in [6.07, 6.45) is 1.90.